The number of imide groups is 1. The average molecular weight is 385 g/mol. The van der Waals surface area contributed by atoms with Gasteiger partial charge in [-0.3, -0.25) is 14.9 Å². The van der Waals surface area contributed by atoms with E-state index in [4.69, 9.17) is 0 Å². The molecule has 0 bridgehead atoms. The Morgan fingerprint density at radius 3 is 2.76 bits per heavy atom. The van der Waals surface area contributed by atoms with E-state index >= 15 is 0 Å². The van der Waals surface area contributed by atoms with Crippen molar-refractivity contribution in [1.82, 2.24) is 15.2 Å². The Morgan fingerprint density at radius 1 is 1.07 bits per heavy atom. The highest BCUT2D eigenvalue weighted by Crippen LogP contribution is 2.30. The van der Waals surface area contributed by atoms with Gasteiger partial charge >= 0.3 is 0 Å². The van der Waals surface area contributed by atoms with Gasteiger partial charge in [-0.15, -0.1) is 0 Å². The molecule has 2 aliphatic rings. The summed E-state index contributed by atoms with van der Waals surface area (Å²) in [6, 6.07) is 17.1. The van der Waals surface area contributed by atoms with Crippen LogP contribution in [0.5, 0.6) is 0 Å². The van der Waals surface area contributed by atoms with E-state index in [2.05, 4.69) is 45.5 Å². The summed E-state index contributed by atoms with van der Waals surface area (Å²) in [5.74, 6) is -0.672. The topological polar surface area (TPSA) is 63.1 Å². The van der Waals surface area contributed by atoms with E-state index < -0.39 is 0 Å². The Bertz CT molecular complexity index is 1140. The van der Waals surface area contributed by atoms with Crippen LogP contribution in [0.2, 0.25) is 0 Å². The third-order valence-electron chi connectivity index (χ3n) is 5.95. The minimum Gasteiger partial charge on any atom is -0.346 e. The largest absolute Gasteiger partial charge is 0.346 e. The smallest absolute Gasteiger partial charge is 0.258 e. The van der Waals surface area contributed by atoms with E-state index in [1.54, 1.807) is 0 Å². The number of carbonyl (C=O) groups is 2. The number of para-hydroxylation sites is 1. The van der Waals surface area contributed by atoms with E-state index in [0.29, 0.717) is 11.6 Å². The molecule has 0 saturated heterocycles. The number of fused-ring (bicyclic) bond motifs is 2. The van der Waals surface area contributed by atoms with E-state index in [-0.39, 0.29) is 11.8 Å². The molecule has 0 radical (unpaired) electrons. The lowest BCUT2D eigenvalue weighted by Gasteiger charge is -2.26. The fourth-order valence-electron chi connectivity index (χ4n) is 4.58. The first kappa shape index (κ1) is 17.9. The normalized spacial score (nSPS) is 18.6. The van der Waals surface area contributed by atoms with Crippen LogP contribution in [-0.2, 0) is 22.6 Å². The van der Waals surface area contributed by atoms with Crippen LogP contribution in [0.15, 0.2) is 60.8 Å². The molecule has 1 aliphatic carbocycles. The van der Waals surface area contributed by atoms with Crippen LogP contribution in [0, 0.1) is 0 Å². The molecule has 5 nitrogen and oxygen atoms in total. The van der Waals surface area contributed by atoms with Crippen molar-refractivity contribution in [2.45, 2.75) is 31.8 Å². The maximum Gasteiger partial charge on any atom is 0.258 e. The fraction of sp³-hybridized carbons (Fsp3) is 0.250. The van der Waals surface area contributed by atoms with Crippen LogP contribution >= 0.6 is 0 Å². The number of aromatic nitrogens is 1. The zero-order chi connectivity index (χ0) is 19.8. The zero-order valence-corrected chi connectivity index (χ0v) is 16.2. The predicted molar refractivity (Wildman–Crippen MR) is 113 cm³/mol. The van der Waals surface area contributed by atoms with Crippen molar-refractivity contribution in [1.29, 1.82) is 0 Å². The summed E-state index contributed by atoms with van der Waals surface area (Å²) in [6.45, 7) is 1.63. The summed E-state index contributed by atoms with van der Waals surface area (Å²) in [5, 5.41) is 7.05. The number of nitrogens with one attached hydrogen (secondary N) is 2. The highest BCUT2D eigenvalue weighted by Gasteiger charge is 2.25. The maximum absolute atomic E-state index is 12.2. The summed E-state index contributed by atoms with van der Waals surface area (Å²) < 4.78 is 2.17. The van der Waals surface area contributed by atoms with E-state index in [9.17, 15) is 9.59 Å². The molecule has 0 spiro atoms. The number of carbonyl (C=O) groups excluding carboxylic acids is 2. The fourth-order valence-corrected chi connectivity index (χ4v) is 4.58. The number of benzene rings is 2. The Morgan fingerprint density at radius 2 is 1.90 bits per heavy atom. The van der Waals surface area contributed by atoms with Gasteiger partial charge in [-0.05, 0) is 36.5 Å². The molecule has 1 atom stereocenters. The molecule has 2 heterocycles. The molecule has 5 heteroatoms. The summed E-state index contributed by atoms with van der Waals surface area (Å²) >= 11 is 0. The molecule has 5 rings (SSSR count). The molecule has 1 aromatic heterocycles. The van der Waals surface area contributed by atoms with Crippen LogP contribution in [0.4, 0.5) is 0 Å². The van der Waals surface area contributed by atoms with Gasteiger partial charge in [-0.1, -0.05) is 42.5 Å². The molecule has 29 heavy (non-hydrogen) atoms. The third-order valence-corrected chi connectivity index (χ3v) is 5.95. The SMILES string of the molecule is O=C1C=C(c2cn(CCNC3CCCc4ccccc43)c3ccccc23)C(=O)N1. The van der Waals surface area contributed by atoms with Gasteiger partial charge in [0.2, 0.25) is 0 Å². The van der Waals surface area contributed by atoms with Crippen molar-refractivity contribution >= 4 is 28.3 Å². The van der Waals surface area contributed by atoms with Gasteiger partial charge in [0.05, 0.1) is 5.57 Å². The van der Waals surface area contributed by atoms with Crippen molar-refractivity contribution in [3.8, 4) is 0 Å². The van der Waals surface area contributed by atoms with Crippen LogP contribution in [0.25, 0.3) is 16.5 Å². The van der Waals surface area contributed by atoms with Gasteiger partial charge in [0.1, 0.15) is 0 Å². The number of hydrogen-bond acceptors (Lipinski definition) is 3. The molecule has 0 saturated carbocycles. The second-order valence-corrected chi connectivity index (χ2v) is 7.73. The van der Waals surface area contributed by atoms with Gasteiger partial charge in [0.15, 0.2) is 0 Å². The van der Waals surface area contributed by atoms with Crippen molar-refractivity contribution in [3.63, 3.8) is 0 Å². The molecule has 2 aromatic carbocycles. The predicted octanol–water partition coefficient (Wildman–Crippen LogP) is 3.35. The first-order valence-electron chi connectivity index (χ1n) is 10.2. The summed E-state index contributed by atoms with van der Waals surface area (Å²) in [7, 11) is 0. The minimum atomic E-state index is -0.348. The average Bonchev–Trinajstić information content (AvgIpc) is 3.27. The lowest BCUT2D eigenvalue weighted by molar-refractivity contribution is -0.123. The second kappa shape index (κ2) is 7.33. The van der Waals surface area contributed by atoms with Gasteiger partial charge < -0.3 is 9.88 Å². The monoisotopic (exact) mass is 385 g/mol. The molecule has 146 valence electrons. The summed E-state index contributed by atoms with van der Waals surface area (Å²) in [5.41, 5.74) is 5.20. The van der Waals surface area contributed by atoms with Gasteiger partial charge in [-0.25, -0.2) is 0 Å². The third kappa shape index (κ3) is 3.28. The van der Waals surface area contributed by atoms with Gasteiger partial charge in [0.25, 0.3) is 11.8 Å². The Labute approximate surface area is 169 Å². The van der Waals surface area contributed by atoms with Crippen LogP contribution in [0.1, 0.15) is 35.6 Å². The summed E-state index contributed by atoms with van der Waals surface area (Å²) in [4.78, 5) is 23.8. The Kier molecular flexibility index (Phi) is 4.52. The number of amides is 2. The number of nitrogens with zero attached hydrogens (tertiary/aromatic N) is 1. The van der Waals surface area contributed by atoms with Gasteiger partial charge in [-0.2, -0.15) is 0 Å². The molecule has 2 N–H and O–H groups in total. The molecule has 0 fully saturated rings. The van der Waals surface area contributed by atoms with E-state index in [1.807, 2.05) is 24.4 Å². The molecule has 1 unspecified atom stereocenters. The second-order valence-electron chi connectivity index (χ2n) is 7.73. The van der Waals surface area contributed by atoms with E-state index in [1.165, 1.54) is 23.6 Å². The van der Waals surface area contributed by atoms with E-state index in [0.717, 1.165) is 42.4 Å². The zero-order valence-electron chi connectivity index (χ0n) is 16.2. The maximum atomic E-state index is 12.2. The molecular formula is C24H23N3O2. The lowest BCUT2D eigenvalue weighted by atomic mass is 9.88. The standard InChI is InChI=1S/C24H23N3O2/c28-23-14-19(24(29)26-23)20-15-27(22-11-4-3-9-18(20)22)13-12-25-21-10-5-7-16-6-1-2-8-17(16)21/h1-4,6,8-9,11,14-15,21,25H,5,7,10,12-13H2,(H,26,28,29). The van der Waals surface area contributed by atoms with Gasteiger partial charge in [0, 0.05) is 47.9 Å². The number of rotatable bonds is 5. The van der Waals surface area contributed by atoms with Crippen molar-refractivity contribution < 1.29 is 9.59 Å². The van der Waals surface area contributed by atoms with Crippen molar-refractivity contribution in [2.24, 2.45) is 0 Å². The molecule has 2 amide bonds. The molecule has 1 aliphatic heterocycles. The number of aryl methyl sites for hydroxylation is 1. The minimum absolute atomic E-state index is 0.324. The highest BCUT2D eigenvalue weighted by molar-refractivity contribution is 6.35. The first-order valence-corrected chi connectivity index (χ1v) is 10.2. The lowest BCUT2D eigenvalue weighted by Crippen LogP contribution is -2.28. The molecule has 3 aromatic rings. The van der Waals surface area contributed by atoms with Crippen molar-refractivity contribution in [3.05, 3.63) is 77.5 Å². The van der Waals surface area contributed by atoms with Crippen LogP contribution in [0.3, 0.4) is 0 Å². The quantitative estimate of drug-likeness (QED) is 0.662. The Balaban J connectivity index is 1.38. The van der Waals surface area contributed by atoms with Crippen molar-refractivity contribution in [2.75, 3.05) is 6.54 Å². The van der Waals surface area contributed by atoms with Crippen LogP contribution < -0.4 is 10.6 Å². The van der Waals surface area contributed by atoms with Crippen LogP contribution in [-0.4, -0.2) is 22.9 Å². The molecular weight excluding hydrogens is 362 g/mol. The highest BCUT2D eigenvalue weighted by atomic mass is 16.2. The first-order chi connectivity index (χ1) is 14.2. The Hall–Kier alpha value is -3.18. The summed E-state index contributed by atoms with van der Waals surface area (Å²) in [6.07, 6.45) is 6.92. The number of hydrogen-bond donors (Lipinski definition) is 2.